The Kier molecular flexibility index (Phi) is 5.95. The zero-order valence-corrected chi connectivity index (χ0v) is 16.8. The number of hydrogen-bond acceptors (Lipinski definition) is 8. The number of thioether (sulfide) groups is 1. The monoisotopic (exact) mass is 415 g/mol. The van der Waals surface area contributed by atoms with Gasteiger partial charge in [0.1, 0.15) is 0 Å². The van der Waals surface area contributed by atoms with Gasteiger partial charge < -0.3 is 4.42 Å². The van der Waals surface area contributed by atoms with Crippen molar-refractivity contribution in [2.45, 2.75) is 12.1 Å². The second kappa shape index (κ2) is 9.15. The van der Waals surface area contributed by atoms with E-state index in [4.69, 9.17) is 4.42 Å². The Morgan fingerprint density at radius 2 is 1.80 bits per heavy atom. The van der Waals surface area contributed by atoms with Crippen LogP contribution in [0.1, 0.15) is 15.9 Å². The minimum Gasteiger partial charge on any atom is -0.411 e. The van der Waals surface area contributed by atoms with Gasteiger partial charge in [0.15, 0.2) is 5.04 Å². The van der Waals surface area contributed by atoms with Crippen LogP contribution in [0, 0.1) is 6.92 Å². The van der Waals surface area contributed by atoms with E-state index in [0.29, 0.717) is 11.5 Å². The first kappa shape index (κ1) is 19.5. The standard InChI is InChI=1S/C22H17N5O2S/c1-15-9-11-16(12-10-15)20-25-27-22(29-20)30-21(19(28)17-6-5-13-23-14-17)26-24-18-7-3-2-4-8-18/h2-14,24H,1H3/b26-21+. The first-order chi connectivity index (χ1) is 14.7. The van der Waals surface area contributed by atoms with Crippen LogP contribution in [0.25, 0.3) is 11.5 Å². The molecule has 0 saturated heterocycles. The van der Waals surface area contributed by atoms with Gasteiger partial charge in [-0.2, -0.15) is 5.10 Å². The summed E-state index contributed by atoms with van der Waals surface area (Å²) in [4.78, 5) is 17.0. The fourth-order valence-corrected chi connectivity index (χ4v) is 3.18. The highest BCUT2D eigenvalue weighted by Gasteiger charge is 2.20. The highest BCUT2D eigenvalue weighted by atomic mass is 32.2. The number of anilines is 1. The number of aryl methyl sites for hydroxylation is 1. The Hall–Kier alpha value is -3.78. The molecule has 2 heterocycles. The lowest BCUT2D eigenvalue weighted by Gasteiger charge is -2.05. The molecule has 1 N–H and O–H groups in total. The van der Waals surface area contributed by atoms with E-state index in [9.17, 15) is 4.79 Å². The third-order valence-electron chi connectivity index (χ3n) is 4.07. The molecular formula is C22H17N5O2S. The molecule has 0 saturated carbocycles. The molecule has 0 spiro atoms. The van der Waals surface area contributed by atoms with Crippen molar-refractivity contribution in [3.05, 3.63) is 90.3 Å². The highest BCUT2D eigenvalue weighted by molar-refractivity contribution is 8.15. The number of benzene rings is 2. The third kappa shape index (κ3) is 4.79. The van der Waals surface area contributed by atoms with Gasteiger partial charge in [-0.1, -0.05) is 35.9 Å². The smallest absolute Gasteiger partial charge is 0.283 e. The summed E-state index contributed by atoms with van der Waals surface area (Å²) in [5, 5.41) is 12.8. The molecule has 2 aromatic carbocycles. The molecule has 0 amide bonds. The summed E-state index contributed by atoms with van der Waals surface area (Å²) in [7, 11) is 0. The van der Waals surface area contributed by atoms with E-state index in [1.54, 1.807) is 18.3 Å². The lowest BCUT2D eigenvalue weighted by Crippen LogP contribution is -2.13. The maximum atomic E-state index is 13.0. The molecule has 4 rings (SSSR count). The largest absolute Gasteiger partial charge is 0.411 e. The van der Waals surface area contributed by atoms with Gasteiger partial charge in [0.25, 0.3) is 5.22 Å². The fourth-order valence-electron chi connectivity index (χ4n) is 2.52. The molecule has 8 heteroatoms. The molecule has 0 unspecified atom stereocenters. The van der Waals surface area contributed by atoms with Crippen molar-refractivity contribution in [1.29, 1.82) is 0 Å². The van der Waals surface area contributed by atoms with Crippen LogP contribution < -0.4 is 5.43 Å². The number of pyridine rings is 1. The van der Waals surface area contributed by atoms with Gasteiger partial charge in [0.05, 0.1) is 5.69 Å². The summed E-state index contributed by atoms with van der Waals surface area (Å²) in [6.45, 7) is 2.01. The van der Waals surface area contributed by atoms with Gasteiger partial charge in [0.2, 0.25) is 11.7 Å². The van der Waals surface area contributed by atoms with Crippen LogP contribution in [0.5, 0.6) is 0 Å². The SMILES string of the molecule is Cc1ccc(-c2nnc(S/C(=N/Nc3ccccc3)C(=O)c3cccnc3)o2)cc1. The van der Waals surface area contributed by atoms with E-state index < -0.39 is 0 Å². The van der Waals surface area contributed by atoms with Gasteiger partial charge in [-0.05, 0) is 55.1 Å². The van der Waals surface area contributed by atoms with Crippen molar-refractivity contribution >= 4 is 28.3 Å². The molecule has 2 aromatic heterocycles. The maximum Gasteiger partial charge on any atom is 0.283 e. The van der Waals surface area contributed by atoms with E-state index in [-0.39, 0.29) is 16.0 Å². The lowest BCUT2D eigenvalue weighted by molar-refractivity contribution is 0.106. The highest BCUT2D eigenvalue weighted by Crippen LogP contribution is 2.25. The van der Waals surface area contributed by atoms with Gasteiger partial charge in [-0.15, -0.1) is 10.2 Å². The molecule has 0 aliphatic heterocycles. The van der Waals surface area contributed by atoms with Crippen LogP contribution in [-0.2, 0) is 0 Å². The second-order valence-electron chi connectivity index (χ2n) is 6.31. The lowest BCUT2D eigenvalue weighted by atomic mass is 10.1. The van der Waals surface area contributed by atoms with Crippen LogP contribution >= 0.6 is 11.8 Å². The predicted molar refractivity (Wildman–Crippen MR) is 116 cm³/mol. The number of aromatic nitrogens is 3. The number of carbonyl (C=O) groups excluding carboxylic acids is 1. The van der Waals surface area contributed by atoms with E-state index in [0.717, 1.165) is 28.6 Å². The molecule has 148 valence electrons. The number of hydrogen-bond donors (Lipinski definition) is 1. The number of rotatable bonds is 6. The second-order valence-corrected chi connectivity index (χ2v) is 7.25. The average Bonchev–Trinajstić information content (AvgIpc) is 3.26. The molecular weight excluding hydrogens is 398 g/mol. The zero-order valence-electron chi connectivity index (χ0n) is 16.0. The summed E-state index contributed by atoms with van der Waals surface area (Å²) in [5.74, 6) is 0.0771. The number of carbonyl (C=O) groups is 1. The van der Waals surface area contributed by atoms with Crippen LogP contribution in [0.2, 0.25) is 0 Å². The van der Waals surface area contributed by atoms with E-state index in [1.165, 1.54) is 6.20 Å². The Balaban J connectivity index is 1.59. The quantitative estimate of drug-likeness (QED) is 0.158. The van der Waals surface area contributed by atoms with Gasteiger partial charge in [-0.3, -0.25) is 15.2 Å². The molecule has 30 heavy (non-hydrogen) atoms. The van der Waals surface area contributed by atoms with Crippen LogP contribution in [0.4, 0.5) is 5.69 Å². The first-order valence-electron chi connectivity index (χ1n) is 9.11. The van der Waals surface area contributed by atoms with Crippen molar-refractivity contribution in [3.8, 4) is 11.5 Å². The minimum atomic E-state index is -0.299. The predicted octanol–water partition coefficient (Wildman–Crippen LogP) is 4.84. The average molecular weight is 415 g/mol. The maximum absolute atomic E-state index is 13.0. The summed E-state index contributed by atoms with van der Waals surface area (Å²) in [6.07, 6.45) is 3.10. The van der Waals surface area contributed by atoms with E-state index in [1.807, 2.05) is 61.5 Å². The van der Waals surface area contributed by atoms with Crippen molar-refractivity contribution in [3.63, 3.8) is 0 Å². The molecule has 0 radical (unpaired) electrons. The minimum absolute atomic E-state index is 0.158. The normalized spacial score (nSPS) is 11.3. The number of ketones is 1. The van der Waals surface area contributed by atoms with Crippen LogP contribution in [0.3, 0.4) is 0 Å². The molecule has 7 nitrogen and oxygen atoms in total. The molecule has 0 aliphatic carbocycles. The number of nitrogens with zero attached hydrogens (tertiary/aromatic N) is 4. The van der Waals surface area contributed by atoms with Gasteiger partial charge >= 0.3 is 0 Å². The number of hydrazone groups is 1. The van der Waals surface area contributed by atoms with Gasteiger partial charge in [-0.25, -0.2) is 0 Å². The topological polar surface area (TPSA) is 93.3 Å². The van der Waals surface area contributed by atoms with Crippen LogP contribution in [0.15, 0.2) is 93.9 Å². The Bertz CT molecular complexity index is 1160. The van der Waals surface area contributed by atoms with E-state index in [2.05, 4.69) is 25.7 Å². The summed E-state index contributed by atoms with van der Waals surface area (Å²) in [5.41, 5.74) is 6.00. The third-order valence-corrected chi connectivity index (χ3v) is 4.88. The summed E-state index contributed by atoms with van der Waals surface area (Å²) < 4.78 is 5.74. The molecule has 0 bridgehead atoms. The first-order valence-corrected chi connectivity index (χ1v) is 9.92. The summed E-state index contributed by atoms with van der Waals surface area (Å²) in [6, 6.07) is 20.5. The zero-order chi connectivity index (χ0) is 20.8. The number of para-hydroxylation sites is 1. The Labute approximate surface area is 177 Å². The Morgan fingerprint density at radius 3 is 2.53 bits per heavy atom. The van der Waals surface area contributed by atoms with Crippen molar-refractivity contribution in [2.75, 3.05) is 5.43 Å². The summed E-state index contributed by atoms with van der Waals surface area (Å²) >= 11 is 0.999. The van der Waals surface area contributed by atoms with Crippen molar-refractivity contribution in [2.24, 2.45) is 5.10 Å². The van der Waals surface area contributed by atoms with Crippen molar-refractivity contribution in [1.82, 2.24) is 15.2 Å². The molecule has 4 aromatic rings. The fraction of sp³-hybridized carbons (Fsp3) is 0.0455. The molecule has 0 atom stereocenters. The van der Waals surface area contributed by atoms with E-state index >= 15 is 0 Å². The van der Waals surface area contributed by atoms with Crippen molar-refractivity contribution < 1.29 is 9.21 Å². The Morgan fingerprint density at radius 1 is 1.00 bits per heavy atom. The molecule has 0 aliphatic rings. The number of nitrogens with one attached hydrogen (secondary N) is 1. The van der Waals surface area contributed by atoms with Crippen LogP contribution in [-0.4, -0.2) is 26.0 Å². The van der Waals surface area contributed by atoms with Gasteiger partial charge in [0, 0.05) is 23.5 Å². The molecule has 0 fully saturated rings. The number of Topliss-reactive ketones (excluding diaryl/α,β-unsaturated/α-hetero) is 1.